The van der Waals surface area contributed by atoms with E-state index in [-0.39, 0.29) is 5.82 Å². The molecule has 0 bridgehead atoms. The molecule has 0 saturated heterocycles. The van der Waals surface area contributed by atoms with Gasteiger partial charge in [-0.05, 0) is 36.5 Å². The molecular weight excluding hydrogens is 215 g/mol. The van der Waals surface area contributed by atoms with Crippen molar-refractivity contribution in [3.63, 3.8) is 0 Å². The zero-order valence-corrected chi connectivity index (χ0v) is 9.27. The van der Waals surface area contributed by atoms with Crippen LogP contribution in [0, 0.1) is 11.7 Å². The lowest BCUT2D eigenvalue weighted by molar-refractivity contribution is 0.180. The number of hydrogen-bond donors (Lipinski definition) is 0. The molecule has 1 nitrogen and oxygen atoms in total. The topological polar surface area (TPSA) is 9.23 Å². The van der Waals surface area contributed by atoms with E-state index in [0.29, 0.717) is 24.2 Å². The van der Waals surface area contributed by atoms with Gasteiger partial charge in [0.2, 0.25) is 0 Å². The van der Waals surface area contributed by atoms with Crippen LogP contribution in [0.15, 0.2) is 18.2 Å². The smallest absolute Gasteiger partial charge is 0.127 e. The Balaban J connectivity index is 1.96. The Labute approximate surface area is 94.2 Å². The third-order valence-electron chi connectivity index (χ3n) is 2.80. The second-order valence-electron chi connectivity index (χ2n) is 4.04. The molecule has 1 aromatic rings. The predicted molar refractivity (Wildman–Crippen MR) is 58.8 cm³/mol. The van der Waals surface area contributed by atoms with E-state index in [4.69, 9.17) is 16.3 Å². The zero-order chi connectivity index (χ0) is 10.7. The second kappa shape index (κ2) is 4.84. The molecule has 0 aliphatic heterocycles. The van der Waals surface area contributed by atoms with Crippen molar-refractivity contribution in [3.8, 4) is 5.75 Å². The normalized spacial score (nSPS) is 16.1. The molecule has 0 amide bonds. The SMILES string of the molecule is Fc1cc(CCl)cc(OCC2CCC2)c1. The number of halogens is 2. The average Bonchev–Trinajstić information content (AvgIpc) is 2.14. The first kappa shape index (κ1) is 10.7. The maximum absolute atomic E-state index is 13.1. The first-order valence-electron chi connectivity index (χ1n) is 5.26. The molecule has 1 aliphatic rings. The van der Waals surface area contributed by atoms with E-state index in [1.165, 1.54) is 31.4 Å². The van der Waals surface area contributed by atoms with Crippen molar-refractivity contribution in [2.24, 2.45) is 5.92 Å². The standard InChI is InChI=1S/C12H14ClFO/c13-7-10-4-11(14)6-12(5-10)15-8-9-2-1-3-9/h4-6,9H,1-3,7-8H2. The molecule has 0 spiro atoms. The Kier molecular flexibility index (Phi) is 3.47. The number of hydrogen-bond acceptors (Lipinski definition) is 1. The van der Waals surface area contributed by atoms with Gasteiger partial charge in [0.05, 0.1) is 6.61 Å². The van der Waals surface area contributed by atoms with E-state index < -0.39 is 0 Å². The molecule has 1 aromatic carbocycles. The lowest BCUT2D eigenvalue weighted by Gasteiger charge is -2.25. The fourth-order valence-corrected chi connectivity index (χ4v) is 1.81. The lowest BCUT2D eigenvalue weighted by atomic mass is 9.86. The Morgan fingerprint density at radius 2 is 2.13 bits per heavy atom. The molecule has 3 heteroatoms. The highest BCUT2D eigenvalue weighted by Gasteiger charge is 2.17. The van der Waals surface area contributed by atoms with Crippen LogP contribution in [-0.2, 0) is 5.88 Å². The van der Waals surface area contributed by atoms with Gasteiger partial charge in [-0.2, -0.15) is 0 Å². The lowest BCUT2D eigenvalue weighted by Crippen LogP contribution is -2.19. The van der Waals surface area contributed by atoms with Gasteiger partial charge in [-0.1, -0.05) is 6.42 Å². The van der Waals surface area contributed by atoms with Gasteiger partial charge in [0.25, 0.3) is 0 Å². The molecule has 0 heterocycles. The first-order chi connectivity index (χ1) is 7.28. The molecule has 0 aromatic heterocycles. The molecule has 82 valence electrons. The molecule has 0 unspecified atom stereocenters. The minimum atomic E-state index is -0.281. The Morgan fingerprint density at radius 3 is 2.73 bits per heavy atom. The van der Waals surface area contributed by atoms with Crippen LogP contribution in [0.4, 0.5) is 4.39 Å². The molecule has 1 aliphatic carbocycles. The quantitative estimate of drug-likeness (QED) is 0.714. The van der Waals surface area contributed by atoms with Crippen LogP contribution in [0.1, 0.15) is 24.8 Å². The van der Waals surface area contributed by atoms with Gasteiger partial charge in [0.1, 0.15) is 11.6 Å². The van der Waals surface area contributed by atoms with Gasteiger partial charge < -0.3 is 4.74 Å². The van der Waals surface area contributed by atoms with Crippen molar-refractivity contribution in [1.29, 1.82) is 0 Å². The molecular formula is C12H14ClFO. The average molecular weight is 229 g/mol. The van der Waals surface area contributed by atoms with Crippen molar-refractivity contribution >= 4 is 11.6 Å². The summed E-state index contributed by atoms with van der Waals surface area (Å²) in [6.45, 7) is 0.700. The highest BCUT2D eigenvalue weighted by Crippen LogP contribution is 2.27. The van der Waals surface area contributed by atoms with Crippen molar-refractivity contribution < 1.29 is 9.13 Å². The molecule has 15 heavy (non-hydrogen) atoms. The highest BCUT2D eigenvalue weighted by molar-refractivity contribution is 6.17. The van der Waals surface area contributed by atoms with Gasteiger partial charge in [-0.15, -0.1) is 11.6 Å². The number of alkyl halides is 1. The first-order valence-corrected chi connectivity index (χ1v) is 5.79. The predicted octanol–water partition coefficient (Wildman–Crippen LogP) is 3.74. The van der Waals surface area contributed by atoms with E-state index in [2.05, 4.69) is 0 Å². The maximum atomic E-state index is 13.1. The summed E-state index contributed by atoms with van der Waals surface area (Å²) in [5.74, 6) is 1.29. The largest absolute Gasteiger partial charge is 0.493 e. The Bertz CT molecular complexity index is 336. The van der Waals surface area contributed by atoms with Crippen molar-refractivity contribution in [1.82, 2.24) is 0 Å². The van der Waals surface area contributed by atoms with Crippen LogP contribution in [0.5, 0.6) is 5.75 Å². The Hall–Kier alpha value is -0.760. The van der Waals surface area contributed by atoms with E-state index in [1.807, 2.05) is 0 Å². The van der Waals surface area contributed by atoms with Gasteiger partial charge in [0, 0.05) is 11.9 Å². The van der Waals surface area contributed by atoms with Crippen LogP contribution in [0.3, 0.4) is 0 Å². The summed E-state index contributed by atoms with van der Waals surface area (Å²) in [6, 6.07) is 4.65. The summed E-state index contributed by atoms with van der Waals surface area (Å²) < 4.78 is 18.6. The number of rotatable bonds is 4. The van der Waals surface area contributed by atoms with E-state index in [0.717, 1.165) is 5.56 Å². The summed E-state index contributed by atoms with van der Waals surface area (Å²) in [6.07, 6.45) is 3.76. The summed E-state index contributed by atoms with van der Waals surface area (Å²) in [5, 5.41) is 0. The molecule has 1 fully saturated rings. The third-order valence-corrected chi connectivity index (χ3v) is 3.10. The second-order valence-corrected chi connectivity index (χ2v) is 4.30. The molecule has 0 N–H and O–H groups in total. The van der Waals surface area contributed by atoms with Crippen molar-refractivity contribution in [2.75, 3.05) is 6.61 Å². The number of benzene rings is 1. The van der Waals surface area contributed by atoms with Crippen molar-refractivity contribution in [3.05, 3.63) is 29.6 Å². The van der Waals surface area contributed by atoms with Crippen LogP contribution in [-0.4, -0.2) is 6.61 Å². The Morgan fingerprint density at radius 1 is 1.33 bits per heavy atom. The van der Waals surface area contributed by atoms with Gasteiger partial charge >= 0.3 is 0 Å². The van der Waals surface area contributed by atoms with Gasteiger partial charge in [0.15, 0.2) is 0 Å². The minimum Gasteiger partial charge on any atom is -0.493 e. The molecule has 0 radical (unpaired) electrons. The summed E-state index contributed by atoms with van der Waals surface area (Å²) in [5.41, 5.74) is 0.764. The molecule has 2 rings (SSSR count). The minimum absolute atomic E-state index is 0.281. The van der Waals surface area contributed by atoms with Gasteiger partial charge in [-0.3, -0.25) is 0 Å². The van der Waals surface area contributed by atoms with Crippen molar-refractivity contribution in [2.45, 2.75) is 25.1 Å². The van der Waals surface area contributed by atoms with Crippen LogP contribution in [0.25, 0.3) is 0 Å². The van der Waals surface area contributed by atoms with E-state index in [1.54, 1.807) is 6.07 Å². The fourth-order valence-electron chi connectivity index (χ4n) is 1.65. The van der Waals surface area contributed by atoms with Crippen LogP contribution in [0.2, 0.25) is 0 Å². The third kappa shape index (κ3) is 2.85. The molecule has 1 saturated carbocycles. The fraction of sp³-hybridized carbons (Fsp3) is 0.500. The zero-order valence-electron chi connectivity index (χ0n) is 8.51. The summed E-state index contributed by atoms with van der Waals surface area (Å²) in [4.78, 5) is 0. The van der Waals surface area contributed by atoms with E-state index in [9.17, 15) is 4.39 Å². The van der Waals surface area contributed by atoms with Crippen LogP contribution >= 0.6 is 11.6 Å². The highest BCUT2D eigenvalue weighted by atomic mass is 35.5. The van der Waals surface area contributed by atoms with Gasteiger partial charge in [-0.25, -0.2) is 4.39 Å². The van der Waals surface area contributed by atoms with E-state index >= 15 is 0 Å². The summed E-state index contributed by atoms with van der Waals surface area (Å²) in [7, 11) is 0. The van der Waals surface area contributed by atoms with Crippen LogP contribution < -0.4 is 4.74 Å². The number of ether oxygens (including phenoxy) is 1. The maximum Gasteiger partial charge on any atom is 0.127 e. The molecule has 0 atom stereocenters. The monoisotopic (exact) mass is 228 g/mol. The summed E-state index contributed by atoms with van der Waals surface area (Å²) >= 11 is 5.65.